The smallest absolute Gasteiger partial charge is 0.241 e. The first-order valence-electron chi connectivity index (χ1n) is 8.76. The van der Waals surface area contributed by atoms with Crippen LogP contribution in [-0.2, 0) is 4.74 Å². The van der Waals surface area contributed by atoms with E-state index >= 15 is 0 Å². The molecular weight excluding hydrogens is 326 g/mol. The quantitative estimate of drug-likeness (QED) is 0.538. The van der Waals surface area contributed by atoms with Gasteiger partial charge in [0.1, 0.15) is 0 Å². The number of hydrogen-bond acceptors (Lipinski definition) is 5. The number of hydrogen-bond donors (Lipinski definition) is 1. The Morgan fingerprint density at radius 3 is 2.96 bits per heavy atom. The minimum absolute atomic E-state index is 0.226. The first kappa shape index (κ1) is 16.5. The molecule has 4 aromatic rings. The van der Waals surface area contributed by atoms with Gasteiger partial charge in [-0.25, -0.2) is 9.50 Å². The molecule has 0 radical (unpaired) electrons. The highest BCUT2D eigenvalue weighted by molar-refractivity contribution is 5.88. The highest BCUT2D eigenvalue weighted by Gasteiger charge is 2.08. The zero-order valence-corrected chi connectivity index (χ0v) is 14.9. The Labute approximate surface area is 151 Å². The van der Waals surface area contributed by atoms with Crippen molar-refractivity contribution in [2.45, 2.75) is 20.0 Å². The third kappa shape index (κ3) is 3.36. The predicted octanol–water partition coefficient (Wildman–Crippen LogP) is 3.78. The number of benzene rings is 1. The zero-order chi connectivity index (χ0) is 17.9. The molecule has 0 spiro atoms. The van der Waals surface area contributed by atoms with Crippen molar-refractivity contribution in [1.82, 2.24) is 19.6 Å². The van der Waals surface area contributed by atoms with Gasteiger partial charge in [-0.05, 0) is 43.7 Å². The first-order valence-corrected chi connectivity index (χ1v) is 8.76. The first-order chi connectivity index (χ1) is 12.7. The Hall–Kier alpha value is -2.99. The Morgan fingerprint density at radius 2 is 2.08 bits per heavy atom. The van der Waals surface area contributed by atoms with E-state index in [0.29, 0.717) is 19.1 Å². The summed E-state index contributed by atoms with van der Waals surface area (Å²) in [6.45, 7) is 5.34. The second kappa shape index (κ2) is 7.09. The van der Waals surface area contributed by atoms with E-state index in [-0.39, 0.29) is 6.10 Å². The van der Waals surface area contributed by atoms with E-state index < -0.39 is 0 Å². The van der Waals surface area contributed by atoms with E-state index in [1.165, 1.54) is 0 Å². The summed E-state index contributed by atoms with van der Waals surface area (Å²) in [6, 6.07) is 12.4. The van der Waals surface area contributed by atoms with Crippen LogP contribution in [-0.4, -0.2) is 38.8 Å². The highest BCUT2D eigenvalue weighted by Crippen LogP contribution is 2.27. The van der Waals surface area contributed by atoms with Gasteiger partial charge in [0.15, 0.2) is 0 Å². The molecule has 0 aliphatic rings. The van der Waals surface area contributed by atoms with E-state index in [0.717, 1.165) is 27.5 Å². The molecule has 0 aliphatic carbocycles. The van der Waals surface area contributed by atoms with Gasteiger partial charge in [0, 0.05) is 29.9 Å². The maximum atomic E-state index is 5.52. The van der Waals surface area contributed by atoms with Crippen molar-refractivity contribution in [2.75, 3.05) is 18.5 Å². The number of pyridine rings is 1. The van der Waals surface area contributed by atoms with Crippen molar-refractivity contribution in [3.05, 3.63) is 55.0 Å². The summed E-state index contributed by atoms with van der Waals surface area (Å²) in [5.74, 6) is 0.592. The van der Waals surface area contributed by atoms with Gasteiger partial charge in [0.25, 0.3) is 0 Å². The van der Waals surface area contributed by atoms with Gasteiger partial charge in [-0.15, -0.1) is 5.10 Å². The molecule has 132 valence electrons. The van der Waals surface area contributed by atoms with Gasteiger partial charge in [-0.2, -0.15) is 0 Å². The van der Waals surface area contributed by atoms with Crippen LogP contribution in [0.5, 0.6) is 0 Å². The highest BCUT2D eigenvalue weighted by atomic mass is 16.5. The maximum Gasteiger partial charge on any atom is 0.241 e. The summed E-state index contributed by atoms with van der Waals surface area (Å²) < 4.78 is 7.37. The average Bonchev–Trinajstić information content (AvgIpc) is 3.08. The molecule has 0 unspecified atom stereocenters. The molecule has 0 saturated carbocycles. The van der Waals surface area contributed by atoms with Crippen molar-refractivity contribution < 1.29 is 4.74 Å². The van der Waals surface area contributed by atoms with E-state index in [2.05, 4.69) is 44.6 Å². The molecule has 6 nitrogen and oxygen atoms in total. The second-order valence-electron chi connectivity index (χ2n) is 6.40. The molecule has 0 fully saturated rings. The third-order valence-corrected chi connectivity index (χ3v) is 4.17. The lowest BCUT2D eigenvalue weighted by molar-refractivity contribution is 0.0869. The van der Waals surface area contributed by atoms with E-state index in [1.807, 2.05) is 49.1 Å². The number of nitrogens with one attached hydrogen (secondary N) is 1. The monoisotopic (exact) mass is 347 g/mol. The molecule has 0 amide bonds. The SMILES string of the molecule is CC(C)OCCNc1ncc2c(-c3ccc4ncccc4c3)ccn2n1. The van der Waals surface area contributed by atoms with Gasteiger partial charge < -0.3 is 10.1 Å². The number of ether oxygens (including phenoxy) is 1. The van der Waals surface area contributed by atoms with Crippen LogP contribution in [0.3, 0.4) is 0 Å². The maximum absolute atomic E-state index is 5.52. The Bertz CT molecular complexity index is 1040. The van der Waals surface area contributed by atoms with E-state index in [9.17, 15) is 0 Å². The summed E-state index contributed by atoms with van der Waals surface area (Å²) in [5.41, 5.74) is 4.19. The molecule has 6 heteroatoms. The van der Waals surface area contributed by atoms with Gasteiger partial charge >= 0.3 is 0 Å². The molecule has 3 heterocycles. The largest absolute Gasteiger partial charge is 0.377 e. The van der Waals surface area contributed by atoms with Crippen LogP contribution < -0.4 is 5.32 Å². The molecule has 0 atom stereocenters. The van der Waals surface area contributed by atoms with Crippen LogP contribution in [0, 0.1) is 0 Å². The molecule has 0 aliphatic heterocycles. The fourth-order valence-electron chi connectivity index (χ4n) is 2.93. The van der Waals surface area contributed by atoms with Crippen LogP contribution in [0.1, 0.15) is 13.8 Å². The number of anilines is 1. The second-order valence-corrected chi connectivity index (χ2v) is 6.40. The molecule has 0 bridgehead atoms. The molecule has 1 N–H and O–H groups in total. The van der Waals surface area contributed by atoms with Gasteiger partial charge in [-0.3, -0.25) is 4.98 Å². The number of fused-ring (bicyclic) bond motifs is 2. The minimum Gasteiger partial charge on any atom is -0.377 e. The summed E-state index contributed by atoms with van der Waals surface area (Å²) in [5, 5.41) is 8.84. The lowest BCUT2D eigenvalue weighted by atomic mass is 10.0. The molecule has 4 rings (SSSR count). The van der Waals surface area contributed by atoms with Crippen molar-refractivity contribution in [3.8, 4) is 11.1 Å². The normalized spacial score (nSPS) is 11.5. The molecule has 1 aromatic carbocycles. The average molecular weight is 347 g/mol. The van der Waals surface area contributed by atoms with Crippen LogP contribution in [0.4, 0.5) is 5.95 Å². The molecule has 26 heavy (non-hydrogen) atoms. The van der Waals surface area contributed by atoms with Gasteiger partial charge in [0.2, 0.25) is 5.95 Å². The summed E-state index contributed by atoms with van der Waals surface area (Å²) in [7, 11) is 0. The lowest BCUT2D eigenvalue weighted by Gasteiger charge is -2.08. The van der Waals surface area contributed by atoms with Gasteiger partial charge in [-0.1, -0.05) is 12.1 Å². The topological polar surface area (TPSA) is 64.3 Å². The van der Waals surface area contributed by atoms with Crippen molar-refractivity contribution in [3.63, 3.8) is 0 Å². The predicted molar refractivity (Wildman–Crippen MR) is 103 cm³/mol. The minimum atomic E-state index is 0.226. The summed E-state index contributed by atoms with van der Waals surface area (Å²) >= 11 is 0. The molecule has 0 saturated heterocycles. The molecule has 3 aromatic heterocycles. The van der Waals surface area contributed by atoms with Gasteiger partial charge in [0.05, 0.1) is 29.9 Å². The Balaban J connectivity index is 1.58. The van der Waals surface area contributed by atoms with Crippen LogP contribution in [0.15, 0.2) is 55.0 Å². The third-order valence-electron chi connectivity index (χ3n) is 4.17. The zero-order valence-electron chi connectivity index (χ0n) is 14.9. The van der Waals surface area contributed by atoms with Crippen LogP contribution in [0.2, 0.25) is 0 Å². The van der Waals surface area contributed by atoms with E-state index in [4.69, 9.17) is 4.74 Å². The fourth-order valence-corrected chi connectivity index (χ4v) is 2.93. The van der Waals surface area contributed by atoms with Crippen LogP contribution in [0.25, 0.3) is 27.5 Å². The van der Waals surface area contributed by atoms with Crippen molar-refractivity contribution in [2.24, 2.45) is 0 Å². The lowest BCUT2D eigenvalue weighted by Crippen LogP contribution is -2.15. The Morgan fingerprint density at radius 1 is 1.15 bits per heavy atom. The number of aromatic nitrogens is 4. The Kier molecular flexibility index (Phi) is 4.50. The van der Waals surface area contributed by atoms with E-state index in [1.54, 1.807) is 0 Å². The molecular formula is C20H21N5O. The van der Waals surface area contributed by atoms with Crippen molar-refractivity contribution in [1.29, 1.82) is 0 Å². The number of rotatable bonds is 6. The van der Waals surface area contributed by atoms with Crippen molar-refractivity contribution >= 4 is 22.4 Å². The fraction of sp³-hybridized carbons (Fsp3) is 0.250. The summed E-state index contributed by atoms with van der Waals surface area (Å²) in [4.78, 5) is 8.81. The standard InChI is InChI=1S/C20H21N5O/c1-14(2)26-11-9-22-20-23-13-19-17(7-10-25(19)24-20)15-5-6-18-16(12-15)4-3-8-21-18/h3-8,10,12-14H,9,11H2,1-2H3,(H,22,24). The van der Waals surface area contributed by atoms with Crippen LogP contribution >= 0.6 is 0 Å². The number of nitrogens with zero attached hydrogens (tertiary/aromatic N) is 4. The summed E-state index contributed by atoms with van der Waals surface area (Å²) in [6.07, 6.45) is 5.84.